The Balaban J connectivity index is 1.83. The number of amides is 1. The summed E-state index contributed by atoms with van der Waals surface area (Å²) in [5.74, 6) is 0.559. The molecule has 0 saturated heterocycles. The van der Waals surface area contributed by atoms with E-state index in [1.54, 1.807) is 0 Å². The third-order valence-electron chi connectivity index (χ3n) is 2.86. The summed E-state index contributed by atoms with van der Waals surface area (Å²) in [6.45, 7) is 1.97. The van der Waals surface area contributed by atoms with E-state index >= 15 is 0 Å². The van der Waals surface area contributed by atoms with Crippen LogP contribution in [0, 0.1) is 0 Å². The van der Waals surface area contributed by atoms with Crippen molar-refractivity contribution in [3.05, 3.63) is 64.6 Å². The Morgan fingerprint density at radius 2 is 1.80 bits per heavy atom. The second-order valence-corrected chi connectivity index (χ2v) is 5.36. The molecule has 0 aliphatic heterocycles. The van der Waals surface area contributed by atoms with Gasteiger partial charge in [-0.2, -0.15) is 0 Å². The predicted octanol–water partition coefficient (Wildman–Crippen LogP) is 3.71. The molecule has 0 aliphatic carbocycles. The van der Waals surface area contributed by atoms with Crippen molar-refractivity contribution in [3.63, 3.8) is 0 Å². The summed E-state index contributed by atoms with van der Waals surface area (Å²) in [5, 5.41) is 2.91. The van der Waals surface area contributed by atoms with Gasteiger partial charge in [0.1, 0.15) is 5.75 Å². The molecule has 0 radical (unpaired) electrons. The molecule has 20 heavy (non-hydrogen) atoms. The van der Waals surface area contributed by atoms with Crippen LogP contribution in [0.3, 0.4) is 0 Å². The third kappa shape index (κ3) is 4.38. The minimum Gasteiger partial charge on any atom is -0.484 e. The Morgan fingerprint density at radius 1 is 1.15 bits per heavy atom. The van der Waals surface area contributed by atoms with Gasteiger partial charge in [0, 0.05) is 4.47 Å². The Hall–Kier alpha value is -1.81. The first-order valence-electron chi connectivity index (χ1n) is 6.38. The number of hydrogen-bond acceptors (Lipinski definition) is 2. The smallest absolute Gasteiger partial charge is 0.258 e. The topological polar surface area (TPSA) is 38.3 Å². The normalized spacial score (nSPS) is 11.7. The molecule has 0 spiro atoms. The average Bonchev–Trinajstić information content (AvgIpc) is 2.47. The van der Waals surface area contributed by atoms with Crippen LogP contribution in [-0.2, 0) is 4.79 Å². The molecule has 0 aliphatic rings. The van der Waals surface area contributed by atoms with Crippen LogP contribution in [0.2, 0.25) is 0 Å². The van der Waals surface area contributed by atoms with Gasteiger partial charge in [-0.3, -0.25) is 4.79 Å². The summed E-state index contributed by atoms with van der Waals surface area (Å²) in [4.78, 5) is 11.8. The Kier molecular flexibility index (Phi) is 5.18. The zero-order chi connectivity index (χ0) is 14.4. The lowest BCUT2D eigenvalue weighted by atomic mass is 10.1. The van der Waals surface area contributed by atoms with E-state index in [0.29, 0.717) is 5.75 Å². The number of carbonyl (C=O) groups is 1. The molecule has 0 fully saturated rings. The van der Waals surface area contributed by atoms with Crippen LogP contribution in [0.1, 0.15) is 18.5 Å². The van der Waals surface area contributed by atoms with Crippen LogP contribution in [-0.4, -0.2) is 12.5 Å². The molecule has 0 unspecified atom stereocenters. The number of benzene rings is 2. The Labute approximate surface area is 127 Å². The lowest BCUT2D eigenvalue weighted by Gasteiger charge is -2.14. The first-order chi connectivity index (χ1) is 9.65. The molecule has 2 rings (SSSR count). The highest BCUT2D eigenvalue weighted by atomic mass is 79.9. The number of halogens is 1. The van der Waals surface area contributed by atoms with Gasteiger partial charge in [0.15, 0.2) is 6.61 Å². The molecule has 0 bridgehead atoms. The number of hydrogen-bond donors (Lipinski definition) is 1. The molecule has 1 N–H and O–H groups in total. The maximum absolute atomic E-state index is 11.8. The van der Waals surface area contributed by atoms with Crippen molar-refractivity contribution >= 4 is 21.8 Å². The molecule has 0 heterocycles. The van der Waals surface area contributed by atoms with Crippen molar-refractivity contribution in [1.29, 1.82) is 0 Å². The summed E-state index contributed by atoms with van der Waals surface area (Å²) in [6, 6.07) is 17.1. The summed E-state index contributed by atoms with van der Waals surface area (Å²) in [6.07, 6.45) is 0. The largest absolute Gasteiger partial charge is 0.484 e. The molecule has 1 atom stereocenters. The van der Waals surface area contributed by atoms with Crippen LogP contribution in [0.4, 0.5) is 0 Å². The number of nitrogens with one attached hydrogen (secondary N) is 1. The minimum atomic E-state index is -0.135. The van der Waals surface area contributed by atoms with E-state index < -0.39 is 0 Å². The molecule has 4 heteroatoms. The highest BCUT2D eigenvalue weighted by Gasteiger charge is 2.09. The van der Waals surface area contributed by atoms with E-state index in [1.807, 2.05) is 61.5 Å². The first kappa shape index (κ1) is 14.6. The molecular weight excluding hydrogens is 318 g/mol. The number of rotatable bonds is 5. The van der Waals surface area contributed by atoms with Crippen LogP contribution in [0.25, 0.3) is 0 Å². The van der Waals surface area contributed by atoms with Crippen LogP contribution in [0.5, 0.6) is 5.75 Å². The second-order valence-electron chi connectivity index (χ2n) is 4.44. The van der Waals surface area contributed by atoms with Crippen molar-refractivity contribution in [2.45, 2.75) is 13.0 Å². The van der Waals surface area contributed by atoms with E-state index in [1.165, 1.54) is 0 Å². The first-order valence-corrected chi connectivity index (χ1v) is 7.17. The van der Waals surface area contributed by atoms with E-state index in [2.05, 4.69) is 21.2 Å². The van der Waals surface area contributed by atoms with Crippen molar-refractivity contribution < 1.29 is 9.53 Å². The van der Waals surface area contributed by atoms with Gasteiger partial charge in [-0.25, -0.2) is 0 Å². The summed E-state index contributed by atoms with van der Waals surface area (Å²) in [7, 11) is 0. The van der Waals surface area contributed by atoms with Crippen molar-refractivity contribution in [1.82, 2.24) is 5.32 Å². The van der Waals surface area contributed by atoms with Gasteiger partial charge >= 0.3 is 0 Å². The van der Waals surface area contributed by atoms with Gasteiger partial charge in [-0.05, 0) is 36.8 Å². The quantitative estimate of drug-likeness (QED) is 0.905. The monoisotopic (exact) mass is 333 g/mol. The van der Waals surface area contributed by atoms with E-state index in [4.69, 9.17) is 4.74 Å². The van der Waals surface area contributed by atoms with Gasteiger partial charge < -0.3 is 10.1 Å². The molecule has 0 saturated carbocycles. The van der Waals surface area contributed by atoms with E-state index in [9.17, 15) is 4.79 Å². The fourth-order valence-corrected chi connectivity index (χ4v) is 2.05. The van der Waals surface area contributed by atoms with Crippen LogP contribution >= 0.6 is 15.9 Å². The maximum Gasteiger partial charge on any atom is 0.258 e. The average molecular weight is 334 g/mol. The SMILES string of the molecule is C[C@@H](NC(=O)COc1ccccc1)c1ccc(Br)cc1. The van der Waals surface area contributed by atoms with Crippen molar-refractivity contribution in [3.8, 4) is 5.75 Å². The second kappa shape index (κ2) is 7.10. The summed E-state index contributed by atoms with van der Waals surface area (Å²) in [5.41, 5.74) is 1.06. The maximum atomic E-state index is 11.8. The highest BCUT2D eigenvalue weighted by molar-refractivity contribution is 9.10. The Bertz CT molecular complexity index is 554. The molecule has 0 aromatic heterocycles. The molecule has 104 valence electrons. The van der Waals surface area contributed by atoms with Crippen molar-refractivity contribution in [2.75, 3.05) is 6.61 Å². The van der Waals surface area contributed by atoms with E-state index in [0.717, 1.165) is 10.0 Å². The van der Waals surface area contributed by atoms with Crippen LogP contribution in [0.15, 0.2) is 59.1 Å². The predicted molar refractivity (Wildman–Crippen MR) is 82.6 cm³/mol. The minimum absolute atomic E-state index is 0.0187. The van der Waals surface area contributed by atoms with Gasteiger partial charge in [0.05, 0.1) is 6.04 Å². The van der Waals surface area contributed by atoms with Gasteiger partial charge in [0.2, 0.25) is 0 Å². The number of para-hydroxylation sites is 1. The molecule has 2 aromatic carbocycles. The Morgan fingerprint density at radius 3 is 2.45 bits per heavy atom. The number of carbonyl (C=O) groups excluding carboxylic acids is 1. The zero-order valence-electron chi connectivity index (χ0n) is 11.2. The highest BCUT2D eigenvalue weighted by Crippen LogP contribution is 2.16. The van der Waals surface area contributed by atoms with Crippen LogP contribution < -0.4 is 10.1 Å². The van der Waals surface area contributed by atoms with Crippen molar-refractivity contribution in [2.24, 2.45) is 0 Å². The fourth-order valence-electron chi connectivity index (χ4n) is 1.78. The molecule has 1 amide bonds. The molecule has 2 aromatic rings. The summed E-state index contributed by atoms with van der Waals surface area (Å²) >= 11 is 3.39. The van der Waals surface area contributed by atoms with Gasteiger partial charge in [-0.15, -0.1) is 0 Å². The fraction of sp³-hybridized carbons (Fsp3) is 0.188. The number of ether oxygens (including phenoxy) is 1. The third-order valence-corrected chi connectivity index (χ3v) is 3.39. The standard InChI is InChI=1S/C16H16BrNO2/c1-12(13-7-9-14(17)10-8-13)18-16(19)11-20-15-5-3-2-4-6-15/h2-10,12H,11H2,1H3,(H,18,19)/t12-/m1/s1. The lowest BCUT2D eigenvalue weighted by molar-refractivity contribution is -0.123. The summed E-state index contributed by atoms with van der Waals surface area (Å²) < 4.78 is 6.42. The lowest BCUT2D eigenvalue weighted by Crippen LogP contribution is -2.31. The van der Waals surface area contributed by atoms with Gasteiger partial charge in [0.25, 0.3) is 5.91 Å². The van der Waals surface area contributed by atoms with Gasteiger partial charge in [-0.1, -0.05) is 46.3 Å². The van der Waals surface area contributed by atoms with E-state index in [-0.39, 0.29) is 18.6 Å². The zero-order valence-corrected chi connectivity index (χ0v) is 12.8. The molecular formula is C16H16BrNO2. The molecule has 3 nitrogen and oxygen atoms in total.